The SMILES string of the molecule is Cc1cc(C)cc(NC(=O)c2ccccc2N2C(=O)[C@@H]3[C@H]4C=C[C@@H]([C@@H]5C[C@@H]45)[C@@H]3C2=O)c1. The fourth-order valence-corrected chi connectivity index (χ4v) is 6.30. The van der Waals surface area contributed by atoms with E-state index in [0.717, 1.165) is 17.5 Å². The van der Waals surface area contributed by atoms with E-state index < -0.39 is 0 Å². The maximum atomic E-state index is 13.5. The van der Waals surface area contributed by atoms with E-state index in [0.29, 0.717) is 28.8 Å². The van der Waals surface area contributed by atoms with Gasteiger partial charge in [0.05, 0.1) is 23.1 Å². The Labute approximate surface area is 181 Å². The van der Waals surface area contributed by atoms with Crippen molar-refractivity contribution in [2.45, 2.75) is 20.3 Å². The van der Waals surface area contributed by atoms with Crippen LogP contribution >= 0.6 is 0 Å². The first-order valence-electron chi connectivity index (χ1n) is 11.0. The van der Waals surface area contributed by atoms with Crippen LogP contribution in [-0.4, -0.2) is 17.7 Å². The number of hydrogen-bond acceptors (Lipinski definition) is 3. The maximum absolute atomic E-state index is 13.5. The van der Waals surface area contributed by atoms with Crippen molar-refractivity contribution < 1.29 is 14.4 Å². The third kappa shape index (κ3) is 2.65. The number of allylic oxidation sites excluding steroid dienone is 2. The van der Waals surface area contributed by atoms with E-state index in [1.54, 1.807) is 24.3 Å². The summed E-state index contributed by atoms with van der Waals surface area (Å²) in [5, 5.41) is 2.94. The van der Waals surface area contributed by atoms with Crippen molar-refractivity contribution >= 4 is 29.1 Å². The summed E-state index contributed by atoms with van der Waals surface area (Å²) in [7, 11) is 0. The zero-order chi connectivity index (χ0) is 21.4. The average Bonchev–Trinajstić information content (AvgIpc) is 3.51. The summed E-state index contributed by atoms with van der Waals surface area (Å²) < 4.78 is 0. The molecular weight excluding hydrogens is 388 g/mol. The Balaban J connectivity index is 1.34. The van der Waals surface area contributed by atoms with Gasteiger partial charge in [-0.1, -0.05) is 30.4 Å². The highest BCUT2D eigenvalue weighted by atomic mass is 16.2. The molecule has 1 N–H and O–H groups in total. The number of carbonyl (C=O) groups excluding carboxylic acids is 3. The monoisotopic (exact) mass is 412 g/mol. The molecule has 5 nitrogen and oxygen atoms in total. The van der Waals surface area contributed by atoms with Gasteiger partial charge in [-0.15, -0.1) is 0 Å². The smallest absolute Gasteiger partial charge is 0.257 e. The predicted octanol–water partition coefficient (Wildman–Crippen LogP) is 4.11. The van der Waals surface area contributed by atoms with Gasteiger partial charge in [0.1, 0.15) is 0 Å². The Morgan fingerprint density at radius 3 is 2.10 bits per heavy atom. The Bertz CT molecular complexity index is 1130. The standard InChI is InChI=1S/C26H24N2O3/c1-13-9-14(2)11-15(10-13)27-24(29)18-5-3-4-6-21(18)28-25(30)22-16-7-8-17(20-12-19(16)20)23(22)26(28)31/h3-11,16-17,19-20,22-23H,12H2,1-2H3,(H,27,29)/t16-,17-,19-,20-,22-,23+/m0/s1. The molecule has 2 bridgehead atoms. The molecule has 3 amide bonds. The molecule has 0 radical (unpaired) electrons. The second kappa shape index (κ2) is 6.39. The van der Waals surface area contributed by atoms with Gasteiger partial charge >= 0.3 is 0 Å². The molecule has 0 spiro atoms. The fraction of sp³-hybridized carbons (Fsp3) is 0.346. The molecule has 5 heteroatoms. The van der Waals surface area contributed by atoms with Gasteiger partial charge < -0.3 is 5.32 Å². The van der Waals surface area contributed by atoms with Gasteiger partial charge in [0.25, 0.3) is 5.91 Å². The summed E-state index contributed by atoms with van der Waals surface area (Å²) in [5.41, 5.74) is 3.54. The molecule has 0 unspecified atom stereocenters. The van der Waals surface area contributed by atoms with Crippen LogP contribution in [0, 0.1) is 49.4 Å². The number of hydrogen-bond donors (Lipinski definition) is 1. The molecule has 1 aliphatic heterocycles. The molecular formula is C26H24N2O3. The maximum Gasteiger partial charge on any atom is 0.257 e. The van der Waals surface area contributed by atoms with Crippen LogP contribution in [0.5, 0.6) is 0 Å². The minimum atomic E-state index is -0.319. The number of nitrogens with zero attached hydrogens (tertiary/aromatic N) is 1. The molecule has 1 heterocycles. The molecule has 2 aromatic rings. The van der Waals surface area contributed by atoms with Crippen molar-refractivity contribution in [2.24, 2.45) is 35.5 Å². The highest BCUT2D eigenvalue weighted by Gasteiger charge is 2.67. The number of aryl methyl sites for hydroxylation is 2. The van der Waals surface area contributed by atoms with Crippen molar-refractivity contribution in [1.29, 1.82) is 0 Å². The molecule has 2 saturated carbocycles. The number of benzene rings is 2. The van der Waals surface area contributed by atoms with E-state index in [1.807, 2.05) is 32.0 Å². The number of para-hydroxylation sites is 1. The van der Waals surface area contributed by atoms with Crippen molar-refractivity contribution in [1.82, 2.24) is 0 Å². The zero-order valence-corrected chi connectivity index (χ0v) is 17.5. The summed E-state index contributed by atoms with van der Waals surface area (Å²) in [6.07, 6.45) is 5.45. The molecule has 7 rings (SSSR count). The van der Waals surface area contributed by atoms with E-state index in [1.165, 1.54) is 4.90 Å². The van der Waals surface area contributed by atoms with E-state index in [4.69, 9.17) is 0 Å². The predicted molar refractivity (Wildman–Crippen MR) is 118 cm³/mol. The molecule has 2 aromatic carbocycles. The normalized spacial score (nSPS) is 32.1. The van der Waals surface area contributed by atoms with Crippen molar-refractivity contribution in [3.8, 4) is 0 Å². The van der Waals surface area contributed by atoms with Crippen LogP contribution in [0.1, 0.15) is 27.9 Å². The zero-order valence-electron chi connectivity index (χ0n) is 17.5. The van der Waals surface area contributed by atoms with Gasteiger partial charge in [0, 0.05) is 5.69 Å². The number of nitrogens with one attached hydrogen (secondary N) is 1. The fourth-order valence-electron chi connectivity index (χ4n) is 6.30. The van der Waals surface area contributed by atoms with E-state index in [2.05, 4.69) is 17.5 Å². The second-order valence-electron chi connectivity index (χ2n) is 9.51. The molecule has 31 heavy (non-hydrogen) atoms. The first-order valence-corrected chi connectivity index (χ1v) is 11.0. The lowest BCUT2D eigenvalue weighted by atomic mass is 9.63. The molecule has 3 fully saturated rings. The van der Waals surface area contributed by atoms with Gasteiger partial charge in [0.2, 0.25) is 11.8 Å². The first-order chi connectivity index (χ1) is 14.9. The van der Waals surface area contributed by atoms with Gasteiger partial charge in [-0.3, -0.25) is 14.4 Å². The van der Waals surface area contributed by atoms with Gasteiger partial charge in [0.15, 0.2) is 0 Å². The molecule has 5 aliphatic rings. The molecule has 4 aliphatic carbocycles. The lowest BCUT2D eigenvalue weighted by molar-refractivity contribution is -0.124. The summed E-state index contributed by atoms with van der Waals surface area (Å²) in [4.78, 5) is 41.4. The van der Waals surface area contributed by atoms with Crippen LogP contribution < -0.4 is 10.2 Å². The quantitative estimate of drug-likeness (QED) is 0.609. The minimum absolute atomic E-state index is 0.147. The third-order valence-corrected chi connectivity index (χ3v) is 7.53. The third-order valence-electron chi connectivity index (χ3n) is 7.53. The molecule has 156 valence electrons. The Hall–Kier alpha value is -3.21. The molecule has 1 saturated heterocycles. The number of carbonyl (C=O) groups is 3. The largest absolute Gasteiger partial charge is 0.322 e. The minimum Gasteiger partial charge on any atom is -0.322 e. The summed E-state index contributed by atoms with van der Waals surface area (Å²) in [5.74, 6) is 0.267. The van der Waals surface area contributed by atoms with Crippen molar-refractivity contribution in [3.05, 3.63) is 71.3 Å². The number of rotatable bonds is 3. The lowest BCUT2D eigenvalue weighted by Crippen LogP contribution is -2.40. The van der Waals surface area contributed by atoms with Gasteiger partial charge in [-0.05, 0) is 79.3 Å². The van der Waals surface area contributed by atoms with E-state index in [-0.39, 0.29) is 41.4 Å². The number of imide groups is 1. The van der Waals surface area contributed by atoms with Crippen LogP contribution in [0.25, 0.3) is 0 Å². The number of anilines is 2. The number of amides is 3. The summed E-state index contributed by atoms with van der Waals surface area (Å²) in [6.45, 7) is 3.96. The summed E-state index contributed by atoms with van der Waals surface area (Å²) in [6, 6.07) is 12.8. The van der Waals surface area contributed by atoms with E-state index >= 15 is 0 Å². The van der Waals surface area contributed by atoms with Crippen molar-refractivity contribution in [2.75, 3.05) is 10.2 Å². The molecule has 6 atom stereocenters. The summed E-state index contributed by atoms with van der Waals surface area (Å²) >= 11 is 0. The Morgan fingerprint density at radius 1 is 0.903 bits per heavy atom. The Morgan fingerprint density at radius 2 is 1.48 bits per heavy atom. The van der Waals surface area contributed by atoms with Gasteiger partial charge in [-0.25, -0.2) is 4.90 Å². The highest BCUT2D eigenvalue weighted by molar-refractivity contribution is 6.25. The topological polar surface area (TPSA) is 66.5 Å². The second-order valence-corrected chi connectivity index (χ2v) is 9.51. The lowest BCUT2D eigenvalue weighted by Gasteiger charge is -2.37. The van der Waals surface area contributed by atoms with Gasteiger partial charge in [-0.2, -0.15) is 0 Å². The van der Waals surface area contributed by atoms with Crippen LogP contribution in [0.15, 0.2) is 54.6 Å². The average molecular weight is 412 g/mol. The Kier molecular flexibility index (Phi) is 3.83. The highest BCUT2D eigenvalue weighted by Crippen LogP contribution is 2.65. The van der Waals surface area contributed by atoms with Crippen LogP contribution in [0.4, 0.5) is 11.4 Å². The first kappa shape index (κ1) is 18.6. The van der Waals surface area contributed by atoms with Crippen molar-refractivity contribution in [3.63, 3.8) is 0 Å². The molecule has 0 aromatic heterocycles. The van der Waals surface area contributed by atoms with Crippen LogP contribution in [-0.2, 0) is 9.59 Å². The van der Waals surface area contributed by atoms with E-state index in [9.17, 15) is 14.4 Å². The van der Waals surface area contributed by atoms with Crippen LogP contribution in [0.2, 0.25) is 0 Å². The van der Waals surface area contributed by atoms with Crippen LogP contribution in [0.3, 0.4) is 0 Å².